The molecule has 25 heavy (non-hydrogen) atoms. The fourth-order valence-corrected chi connectivity index (χ4v) is 3.54. The summed E-state index contributed by atoms with van der Waals surface area (Å²) in [4.78, 5) is 27.6. The molecule has 2 fully saturated rings. The molecule has 2 saturated heterocycles. The fourth-order valence-electron chi connectivity index (χ4n) is 3.54. The van der Waals surface area contributed by atoms with Gasteiger partial charge in [-0.05, 0) is 12.8 Å². The topological polar surface area (TPSA) is 96.4 Å². The Balaban J connectivity index is 1.40. The first-order valence-electron chi connectivity index (χ1n) is 8.82. The van der Waals surface area contributed by atoms with Crippen molar-refractivity contribution in [1.29, 1.82) is 0 Å². The van der Waals surface area contributed by atoms with Gasteiger partial charge in [0, 0.05) is 46.3 Å². The number of rotatable bonds is 3. The molecular weight excluding hydrogens is 320 g/mol. The van der Waals surface area contributed by atoms with Gasteiger partial charge < -0.3 is 15.5 Å². The van der Waals surface area contributed by atoms with Crippen molar-refractivity contribution in [2.75, 3.05) is 56.4 Å². The van der Waals surface area contributed by atoms with E-state index < -0.39 is 0 Å². The summed E-state index contributed by atoms with van der Waals surface area (Å²) in [5.74, 6) is 1.35. The van der Waals surface area contributed by atoms with Crippen molar-refractivity contribution < 1.29 is 4.79 Å². The summed E-state index contributed by atoms with van der Waals surface area (Å²) >= 11 is 0. The number of carbonyl (C=O) groups excluding carboxylic acids is 1. The van der Waals surface area contributed by atoms with E-state index in [1.54, 1.807) is 10.9 Å². The second-order valence-electron chi connectivity index (χ2n) is 6.77. The number of nitrogen functional groups attached to an aromatic ring is 1. The highest BCUT2D eigenvalue weighted by molar-refractivity contribution is 5.86. The van der Waals surface area contributed by atoms with Crippen LogP contribution in [0.25, 0.3) is 11.0 Å². The third-order valence-corrected chi connectivity index (χ3v) is 5.08. The van der Waals surface area contributed by atoms with Crippen molar-refractivity contribution in [1.82, 2.24) is 29.5 Å². The zero-order valence-electron chi connectivity index (χ0n) is 14.6. The predicted molar refractivity (Wildman–Crippen MR) is 95.2 cm³/mol. The number of nitrogens with two attached hydrogens (primary N) is 1. The van der Waals surface area contributed by atoms with Gasteiger partial charge in [0.15, 0.2) is 5.65 Å². The number of carbonyl (C=O) groups is 1. The summed E-state index contributed by atoms with van der Waals surface area (Å²) in [5.41, 5.74) is 6.79. The molecule has 0 aliphatic carbocycles. The summed E-state index contributed by atoms with van der Waals surface area (Å²) in [6.45, 7) is 5.57. The Bertz CT molecular complexity index is 774. The Morgan fingerprint density at radius 3 is 2.56 bits per heavy atom. The van der Waals surface area contributed by atoms with E-state index in [9.17, 15) is 4.79 Å². The fraction of sp³-hybridized carbons (Fsp3) is 0.625. The molecular formula is C16H24N8O. The Hall–Kier alpha value is -2.42. The number of aromatic nitrogens is 4. The highest BCUT2D eigenvalue weighted by Crippen LogP contribution is 2.21. The van der Waals surface area contributed by atoms with E-state index in [1.165, 1.54) is 0 Å². The number of fused-ring (bicyclic) bond motifs is 1. The quantitative estimate of drug-likeness (QED) is 0.816. The third-order valence-electron chi connectivity index (χ3n) is 5.08. The molecule has 9 heteroatoms. The maximum atomic E-state index is 12.3. The van der Waals surface area contributed by atoms with Crippen molar-refractivity contribution >= 4 is 28.7 Å². The molecule has 4 heterocycles. The summed E-state index contributed by atoms with van der Waals surface area (Å²) in [7, 11) is 1.85. The van der Waals surface area contributed by atoms with E-state index in [-0.39, 0.29) is 5.91 Å². The molecule has 9 nitrogen and oxygen atoms in total. The summed E-state index contributed by atoms with van der Waals surface area (Å²) in [6.07, 6.45) is 3.96. The van der Waals surface area contributed by atoms with Crippen LogP contribution in [0.1, 0.15) is 12.8 Å². The third kappa shape index (κ3) is 3.11. The summed E-state index contributed by atoms with van der Waals surface area (Å²) in [5, 5.41) is 4.97. The maximum Gasteiger partial charge on any atom is 0.236 e. The Labute approximate surface area is 146 Å². The number of amides is 1. The van der Waals surface area contributed by atoms with Crippen LogP contribution in [0, 0.1) is 0 Å². The number of hydrogen-bond acceptors (Lipinski definition) is 7. The lowest BCUT2D eigenvalue weighted by molar-refractivity contribution is -0.131. The normalized spacial score (nSPS) is 19.1. The minimum absolute atomic E-state index is 0.253. The number of hydrogen-bond donors (Lipinski definition) is 1. The molecule has 0 unspecified atom stereocenters. The second kappa shape index (κ2) is 6.47. The molecule has 0 spiro atoms. The number of anilines is 2. The number of piperazine rings is 1. The van der Waals surface area contributed by atoms with Gasteiger partial charge in [-0.25, -0.2) is 0 Å². The maximum absolute atomic E-state index is 12.3. The lowest BCUT2D eigenvalue weighted by atomic mass is 10.3. The SMILES string of the molecule is Cn1ncc2c(N)nc(N3CCN(CC(=O)N4CCCC4)CC3)nc21. The van der Waals surface area contributed by atoms with E-state index in [1.807, 2.05) is 11.9 Å². The van der Waals surface area contributed by atoms with Crippen molar-refractivity contribution in [2.45, 2.75) is 12.8 Å². The highest BCUT2D eigenvalue weighted by Gasteiger charge is 2.25. The highest BCUT2D eigenvalue weighted by atomic mass is 16.2. The molecule has 2 aliphatic rings. The molecule has 0 atom stereocenters. The number of nitrogens with zero attached hydrogens (tertiary/aromatic N) is 7. The summed E-state index contributed by atoms with van der Waals surface area (Å²) in [6, 6.07) is 0. The monoisotopic (exact) mass is 344 g/mol. The van der Waals surface area contributed by atoms with E-state index in [4.69, 9.17) is 5.73 Å². The molecule has 2 N–H and O–H groups in total. The molecule has 0 radical (unpaired) electrons. The molecule has 0 saturated carbocycles. The van der Waals surface area contributed by atoms with Gasteiger partial charge in [-0.3, -0.25) is 14.4 Å². The molecule has 1 amide bonds. The van der Waals surface area contributed by atoms with Crippen LogP contribution in [-0.2, 0) is 11.8 Å². The molecule has 2 aliphatic heterocycles. The molecule has 4 rings (SSSR count). The number of likely N-dealkylation sites (tertiary alicyclic amines) is 1. The van der Waals surface area contributed by atoms with E-state index >= 15 is 0 Å². The van der Waals surface area contributed by atoms with E-state index in [0.717, 1.165) is 63.1 Å². The van der Waals surface area contributed by atoms with Crippen LogP contribution in [0.15, 0.2) is 6.20 Å². The molecule has 0 bridgehead atoms. The van der Waals surface area contributed by atoms with Crippen molar-refractivity contribution in [3.63, 3.8) is 0 Å². The molecule has 134 valence electrons. The van der Waals surface area contributed by atoms with Crippen molar-refractivity contribution in [3.05, 3.63) is 6.20 Å². The average molecular weight is 344 g/mol. The van der Waals surface area contributed by atoms with Gasteiger partial charge in [0.1, 0.15) is 5.82 Å². The van der Waals surface area contributed by atoms with Gasteiger partial charge in [-0.1, -0.05) is 0 Å². The molecule has 2 aromatic rings. The lowest BCUT2D eigenvalue weighted by Crippen LogP contribution is -2.50. The Kier molecular flexibility index (Phi) is 4.16. The van der Waals surface area contributed by atoms with Crippen molar-refractivity contribution in [2.24, 2.45) is 7.05 Å². The average Bonchev–Trinajstić information content (AvgIpc) is 3.26. The molecule has 0 aromatic carbocycles. The minimum atomic E-state index is 0.253. The van der Waals surface area contributed by atoms with Crippen molar-refractivity contribution in [3.8, 4) is 0 Å². The predicted octanol–water partition coefficient (Wildman–Crippen LogP) is -0.310. The standard InChI is InChI=1S/C16H24N8O/c1-21-15-12(10-18-21)14(17)19-16(20-15)24-8-6-22(7-9-24)11-13(25)23-4-2-3-5-23/h10H,2-9,11H2,1H3,(H2,17,19,20). The van der Waals surface area contributed by atoms with Crippen LogP contribution < -0.4 is 10.6 Å². The van der Waals surface area contributed by atoms with E-state index in [2.05, 4.69) is 24.9 Å². The van der Waals surface area contributed by atoms with Gasteiger partial charge in [-0.15, -0.1) is 0 Å². The smallest absolute Gasteiger partial charge is 0.236 e. The first-order valence-corrected chi connectivity index (χ1v) is 8.82. The van der Waals surface area contributed by atoms with Crippen LogP contribution >= 0.6 is 0 Å². The first-order chi connectivity index (χ1) is 12.1. The van der Waals surface area contributed by atoms with Gasteiger partial charge in [0.25, 0.3) is 0 Å². The van der Waals surface area contributed by atoms with Gasteiger partial charge >= 0.3 is 0 Å². The van der Waals surface area contributed by atoms with Gasteiger partial charge in [0.2, 0.25) is 11.9 Å². The first kappa shape index (κ1) is 16.1. The largest absolute Gasteiger partial charge is 0.383 e. The van der Waals surface area contributed by atoms with E-state index in [0.29, 0.717) is 18.3 Å². The van der Waals surface area contributed by atoms with Gasteiger partial charge in [-0.2, -0.15) is 15.1 Å². The van der Waals surface area contributed by atoms with Crippen LogP contribution in [0.3, 0.4) is 0 Å². The zero-order chi connectivity index (χ0) is 17.4. The molecule has 2 aromatic heterocycles. The zero-order valence-corrected chi connectivity index (χ0v) is 14.6. The Morgan fingerprint density at radius 2 is 1.84 bits per heavy atom. The van der Waals surface area contributed by atoms with Crippen LogP contribution in [0.2, 0.25) is 0 Å². The van der Waals surface area contributed by atoms with Crippen LogP contribution in [0.5, 0.6) is 0 Å². The Morgan fingerprint density at radius 1 is 1.12 bits per heavy atom. The second-order valence-corrected chi connectivity index (χ2v) is 6.77. The van der Waals surface area contributed by atoms with Gasteiger partial charge in [0.05, 0.1) is 18.1 Å². The van der Waals surface area contributed by atoms with Crippen LogP contribution in [-0.4, -0.2) is 81.3 Å². The number of aryl methyl sites for hydroxylation is 1. The lowest BCUT2D eigenvalue weighted by Gasteiger charge is -2.35. The van der Waals surface area contributed by atoms with Crippen LogP contribution in [0.4, 0.5) is 11.8 Å². The summed E-state index contributed by atoms with van der Waals surface area (Å²) < 4.78 is 1.71. The minimum Gasteiger partial charge on any atom is -0.383 e.